The molecule has 1 rings (SSSR count). The summed E-state index contributed by atoms with van der Waals surface area (Å²) in [5.74, 6) is -0.0832. The molecule has 0 aromatic rings. The number of carbonyl (C=O) groups excluding carboxylic acids is 2. The lowest BCUT2D eigenvalue weighted by molar-refractivity contribution is -0.134. The first kappa shape index (κ1) is 12.0. The zero-order valence-corrected chi connectivity index (χ0v) is 9.32. The molecule has 0 aromatic carbocycles. The quantitative estimate of drug-likeness (QED) is 0.647. The van der Waals surface area contributed by atoms with Gasteiger partial charge in [0.15, 0.2) is 0 Å². The van der Waals surface area contributed by atoms with Crippen LogP contribution in [0.3, 0.4) is 0 Å². The second-order valence-corrected chi connectivity index (χ2v) is 4.11. The van der Waals surface area contributed by atoms with Crippen molar-refractivity contribution in [2.24, 2.45) is 5.73 Å². The topological polar surface area (TPSA) is 75.4 Å². The number of amides is 2. The molecular formula is C10H19N3O2. The van der Waals surface area contributed by atoms with Crippen LogP contribution in [0.15, 0.2) is 0 Å². The summed E-state index contributed by atoms with van der Waals surface area (Å²) in [4.78, 5) is 24.2. The molecule has 5 heteroatoms. The van der Waals surface area contributed by atoms with E-state index in [1.54, 1.807) is 11.8 Å². The normalized spacial score (nSPS) is 23.4. The molecule has 2 unspecified atom stereocenters. The number of piperidine rings is 1. The highest BCUT2D eigenvalue weighted by atomic mass is 16.2. The number of nitrogens with two attached hydrogens (primary N) is 1. The van der Waals surface area contributed by atoms with Crippen molar-refractivity contribution >= 4 is 11.8 Å². The Labute approximate surface area is 90.0 Å². The first-order chi connectivity index (χ1) is 7.00. The minimum atomic E-state index is -0.457. The van der Waals surface area contributed by atoms with Crippen LogP contribution in [0.1, 0.15) is 26.7 Å². The van der Waals surface area contributed by atoms with Crippen molar-refractivity contribution in [1.82, 2.24) is 10.2 Å². The summed E-state index contributed by atoms with van der Waals surface area (Å²) in [6.07, 6.45) is 1.85. The van der Waals surface area contributed by atoms with E-state index in [-0.39, 0.29) is 17.9 Å². The maximum absolute atomic E-state index is 11.6. The molecule has 0 radical (unpaired) electrons. The zero-order chi connectivity index (χ0) is 11.4. The van der Waals surface area contributed by atoms with E-state index < -0.39 is 6.04 Å². The fraction of sp³-hybridized carbons (Fsp3) is 0.800. The van der Waals surface area contributed by atoms with Crippen LogP contribution in [0, 0.1) is 0 Å². The van der Waals surface area contributed by atoms with Crippen LogP contribution in [-0.2, 0) is 9.59 Å². The van der Waals surface area contributed by atoms with E-state index in [4.69, 9.17) is 5.73 Å². The first-order valence-electron chi connectivity index (χ1n) is 5.32. The predicted molar refractivity (Wildman–Crippen MR) is 57.1 cm³/mol. The van der Waals surface area contributed by atoms with Crippen molar-refractivity contribution in [1.29, 1.82) is 0 Å². The third kappa shape index (κ3) is 3.51. The van der Waals surface area contributed by atoms with Crippen LogP contribution >= 0.6 is 0 Å². The third-order valence-electron chi connectivity index (χ3n) is 2.53. The van der Waals surface area contributed by atoms with E-state index in [9.17, 15) is 9.59 Å². The second-order valence-electron chi connectivity index (χ2n) is 4.11. The number of nitrogens with one attached hydrogen (secondary N) is 1. The van der Waals surface area contributed by atoms with Crippen LogP contribution in [0.25, 0.3) is 0 Å². The lowest BCUT2D eigenvalue weighted by atomic mass is 10.0. The first-order valence-corrected chi connectivity index (χ1v) is 5.32. The number of nitrogens with zero attached hydrogens (tertiary/aromatic N) is 1. The Morgan fingerprint density at radius 2 is 2.20 bits per heavy atom. The number of carbonyl (C=O) groups is 2. The van der Waals surface area contributed by atoms with Crippen molar-refractivity contribution in [3.05, 3.63) is 0 Å². The van der Waals surface area contributed by atoms with E-state index in [0.29, 0.717) is 6.54 Å². The van der Waals surface area contributed by atoms with E-state index in [1.165, 1.54) is 6.92 Å². The molecule has 2 amide bonds. The Kier molecular flexibility index (Phi) is 4.08. The standard InChI is InChI=1S/C10H19N3O2/c1-7(11)10(15)13-5-3-4-9(6-13)12-8(2)14/h7,9H,3-6,11H2,1-2H3,(H,12,14). The molecule has 1 saturated heterocycles. The van der Waals surface area contributed by atoms with Gasteiger partial charge >= 0.3 is 0 Å². The lowest BCUT2D eigenvalue weighted by Gasteiger charge is -2.33. The summed E-state index contributed by atoms with van der Waals surface area (Å²) in [6, 6.07) is -0.375. The predicted octanol–water partition coefficient (Wildman–Crippen LogP) is -0.539. The minimum absolute atomic E-state index is 0.0370. The van der Waals surface area contributed by atoms with Crippen LogP contribution in [-0.4, -0.2) is 41.9 Å². The molecule has 2 atom stereocenters. The minimum Gasteiger partial charge on any atom is -0.352 e. The highest BCUT2D eigenvalue weighted by Crippen LogP contribution is 2.10. The Hall–Kier alpha value is -1.10. The van der Waals surface area contributed by atoms with Crippen LogP contribution in [0.2, 0.25) is 0 Å². The summed E-state index contributed by atoms with van der Waals surface area (Å²) in [7, 11) is 0. The number of rotatable bonds is 2. The average molecular weight is 213 g/mol. The highest BCUT2D eigenvalue weighted by Gasteiger charge is 2.25. The second kappa shape index (κ2) is 5.11. The van der Waals surface area contributed by atoms with Gasteiger partial charge in [-0.2, -0.15) is 0 Å². The van der Waals surface area contributed by atoms with Gasteiger partial charge in [-0.15, -0.1) is 0 Å². The fourth-order valence-electron chi connectivity index (χ4n) is 1.87. The van der Waals surface area contributed by atoms with Gasteiger partial charge in [0.05, 0.1) is 6.04 Å². The molecule has 0 aliphatic carbocycles. The van der Waals surface area contributed by atoms with E-state index >= 15 is 0 Å². The van der Waals surface area contributed by atoms with E-state index in [0.717, 1.165) is 19.4 Å². The van der Waals surface area contributed by atoms with Crippen molar-refractivity contribution in [2.75, 3.05) is 13.1 Å². The molecule has 0 spiro atoms. The largest absolute Gasteiger partial charge is 0.352 e. The smallest absolute Gasteiger partial charge is 0.239 e. The maximum atomic E-state index is 11.6. The molecule has 1 aliphatic heterocycles. The Morgan fingerprint density at radius 3 is 2.73 bits per heavy atom. The Balaban J connectivity index is 2.48. The van der Waals surface area contributed by atoms with Gasteiger partial charge in [0, 0.05) is 26.1 Å². The molecule has 0 bridgehead atoms. The van der Waals surface area contributed by atoms with Gasteiger partial charge in [-0.25, -0.2) is 0 Å². The van der Waals surface area contributed by atoms with Crippen LogP contribution in [0.4, 0.5) is 0 Å². The van der Waals surface area contributed by atoms with Gasteiger partial charge in [0.1, 0.15) is 0 Å². The van der Waals surface area contributed by atoms with Crippen molar-refractivity contribution < 1.29 is 9.59 Å². The van der Waals surface area contributed by atoms with Gasteiger partial charge in [-0.3, -0.25) is 9.59 Å². The summed E-state index contributed by atoms with van der Waals surface area (Å²) < 4.78 is 0. The van der Waals surface area contributed by atoms with Gasteiger partial charge in [-0.1, -0.05) is 0 Å². The molecule has 3 N–H and O–H groups in total. The van der Waals surface area contributed by atoms with Crippen molar-refractivity contribution in [3.8, 4) is 0 Å². The van der Waals surface area contributed by atoms with Crippen LogP contribution < -0.4 is 11.1 Å². The Bertz CT molecular complexity index is 253. The van der Waals surface area contributed by atoms with Gasteiger partial charge in [-0.05, 0) is 19.8 Å². The van der Waals surface area contributed by atoms with E-state index in [2.05, 4.69) is 5.32 Å². The molecule has 1 heterocycles. The van der Waals surface area contributed by atoms with E-state index in [1.807, 2.05) is 0 Å². The van der Waals surface area contributed by atoms with Gasteiger partial charge in [0.25, 0.3) is 0 Å². The lowest BCUT2D eigenvalue weighted by Crippen LogP contribution is -2.52. The summed E-state index contributed by atoms with van der Waals surface area (Å²) in [5, 5.41) is 2.83. The molecule has 0 saturated carbocycles. The molecule has 0 aromatic heterocycles. The average Bonchev–Trinajstić information content (AvgIpc) is 2.16. The monoisotopic (exact) mass is 213 g/mol. The SMILES string of the molecule is CC(=O)NC1CCCN(C(=O)C(C)N)C1. The van der Waals surface area contributed by atoms with Gasteiger partial charge in [0.2, 0.25) is 11.8 Å². The molecule has 1 fully saturated rings. The van der Waals surface area contributed by atoms with Crippen LogP contribution in [0.5, 0.6) is 0 Å². The number of likely N-dealkylation sites (tertiary alicyclic amines) is 1. The third-order valence-corrected chi connectivity index (χ3v) is 2.53. The molecular weight excluding hydrogens is 194 g/mol. The maximum Gasteiger partial charge on any atom is 0.239 e. The molecule has 15 heavy (non-hydrogen) atoms. The van der Waals surface area contributed by atoms with Gasteiger partial charge < -0.3 is 16.0 Å². The highest BCUT2D eigenvalue weighted by molar-refractivity contribution is 5.81. The summed E-state index contributed by atoms with van der Waals surface area (Å²) >= 11 is 0. The number of hydrogen-bond donors (Lipinski definition) is 2. The Morgan fingerprint density at radius 1 is 1.53 bits per heavy atom. The molecule has 1 aliphatic rings. The number of hydrogen-bond acceptors (Lipinski definition) is 3. The summed E-state index contributed by atoms with van der Waals surface area (Å²) in [5.41, 5.74) is 5.53. The summed E-state index contributed by atoms with van der Waals surface area (Å²) in [6.45, 7) is 4.51. The fourth-order valence-corrected chi connectivity index (χ4v) is 1.87. The molecule has 86 valence electrons. The van der Waals surface area contributed by atoms with Crippen molar-refractivity contribution in [3.63, 3.8) is 0 Å². The molecule has 5 nitrogen and oxygen atoms in total. The zero-order valence-electron chi connectivity index (χ0n) is 9.32. The van der Waals surface area contributed by atoms with Crippen molar-refractivity contribution in [2.45, 2.75) is 38.8 Å².